The third kappa shape index (κ3) is 38.2. The molecule has 0 bridgehead atoms. The van der Waals surface area contributed by atoms with E-state index < -0.39 is 148 Å². The van der Waals surface area contributed by atoms with Crippen molar-refractivity contribution >= 4 is 17.8 Å². The first kappa shape index (κ1) is 92.7. The molecule has 2 amide bonds. The van der Waals surface area contributed by atoms with Crippen molar-refractivity contribution in [3.63, 3.8) is 0 Å². The minimum atomic E-state index is -3.08. The van der Waals surface area contributed by atoms with Gasteiger partial charge in [-0.1, -0.05) is 283 Å². The summed E-state index contributed by atoms with van der Waals surface area (Å²) in [6.07, 6.45) is 32.3. The molecule has 3 aliphatic rings. The molecule has 101 heavy (non-hydrogen) atoms. The van der Waals surface area contributed by atoms with Gasteiger partial charge in [-0.15, -0.1) is 0 Å². The van der Waals surface area contributed by atoms with Crippen molar-refractivity contribution in [2.24, 2.45) is 0 Å². The molecule has 18 atom stereocenters. The van der Waals surface area contributed by atoms with Crippen LogP contribution >= 0.6 is 0 Å². The molecule has 0 aromatic heterocycles. The van der Waals surface area contributed by atoms with Gasteiger partial charge < -0.3 is 100 Å². The molecule has 0 aliphatic carbocycles. The molecule has 0 aromatic rings. The molecule has 14 N–H and O–H groups in total. The first-order chi connectivity index (χ1) is 48.9. The minimum Gasteiger partial charge on any atom is -0.477 e. The van der Waals surface area contributed by atoms with Gasteiger partial charge in [0.1, 0.15) is 67.1 Å². The van der Waals surface area contributed by atoms with Crippen LogP contribution in [0.2, 0.25) is 0 Å². The monoisotopic (exact) mass is 1450 g/mol. The van der Waals surface area contributed by atoms with E-state index in [4.69, 9.17) is 28.4 Å². The van der Waals surface area contributed by atoms with E-state index in [1.807, 2.05) is 0 Å². The zero-order valence-corrected chi connectivity index (χ0v) is 62.8. The van der Waals surface area contributed by atoms with Gasteiger partial charge in [-0.25, -0.2) is 4.79 Å². The fraction of sp³-hybridized carbons (Fsp3) is 0.936. The highest BCUT2D eigenvalue weighted by Crippen LogP contribution is 2.39. The Labute approximate surface area is 607 Å². The average Bonchev–Trinajstić information content (AvgIpc) is 0.756. The Morgan fingerprint density at radius 2 is 0.921 bits per heavy atom. The lowest BCUT2D eigenvalue weighted by atomic mass is 9.88. The van der Waals surface area contributed by atoms with Crippen molar-refractivity contribution in [3.8, 4) is 0 Å². The molecule has 3 saturated heterocycles. The number of unbranched alkanes of at least 4 members (excludes halogenated alkanes) is 42. The minimum absolute atomic E-state index is 0.227. The Kier molecular flexibility index (Phi) is 52.9. The number of amides is 2. The summed E-state index contributed by atoms with van der Waals surface area (Å²) in [5, 5.41) is 136. The number of hydrogen-bond acceptors (Lipinski definition) is 20. The second-order valence-electron chi connectivity index (χ2n) is 29.6. The Morgan fingerprint density at radius 1 is 0.505 bits per heavy atom. The summed E-state index contributed by atoms with van der Waals surface area (Å²) in [6, 6.07) is -2.53. The normalized spacial score (nSPS) is 26.8. The number of allylic oxidation sites excluding steroid dienone is 2. The molecule has 23 nitrogen and oxygen atoms in total. The third-order valence-electron chi connectivity index (χ3n) is 20.7. The van der Waals surface area contributed by atoms with Gasteiger partial charge in [-0.2, -0.15) is 0 Å². The van der Waals surface area contributed by atoms with Crippen LogP contribution in [0.1, 0.15) is 329 Å². The number of aliphatic carboxylic acids is 1. The predicted molar refractivity (Wildman–Crippen MR) is 389 cm³/mol. The molecule has 0 aromatic carbocycles. The summed E-state index contributed by atoms with van der Waals surface area (Å²) in [5.41, 5.74) is 0. The lowest BCUT2D eigenvalue weighted by Gasteiger charge is -2.50. The Bertz CT molecular complexity index is 2070. The molecule has 594 valence electrons. The van der Waals surface area contributed by atoms with Crippen LogP contribution < -0.4 is 10.6 Å². The molecule has 18 unspecified atom stereocenters. The van der Waals surface area contributed by atoms with E-state index >= 15 is 0 Å². The van der Waals surface area contributed by atoms with Gasteiger partial charge >= 0.3 is 5.97 Å². The number of nitrogens with one attached hydrogen (secondary N) is 2. The largest absolute Gasteiger partial charge is 0.477 e. The van der Waals surface area contributed by atoms with Crippen LogP contribution in [0.3, 0.4) is 0 Å². The van der Waals surface area contributed by atoms with Crippen LogP contribution in [0.15, 0.2) is 12.2 Å². The Morgan fingerprint density at radius 3 is 1.34 bits per heavy atom. The van der Waals surface area contributed by atoms with E-state index in [9.17, 15) is 75.7 Å². The lowest BCUT2D eigenvalue weighted by molar-refractivity contribution is -0.386. The molecule has 3 rings (SSSR count). The standard InChI is InChI=1S/C78H146N2O21/c1-4-6-8-10-12-14-16-18-20-21-22-23-24-25-26-27-28-29-30-31-32-33-34-35-36-38-40-42-44-46-48-50-52-65(88)80-59(60(85)51-49-47-45-43-41-39-37-19-17-15-13-11-9-7-5-2)57-96-75-70(92)69(91)72(64(56-83)98-75)99-76-71(93)74(68(90)63(55-82)97-76)101-78(77(94)95)53-61(86)66(79-58(3)84)73(100-78)67(89)62(87)54-81/h25-26,59-64,66-76,81-83,85-87,89-93H,4-24,27-57H2,1-3H3,(H,79,84)(H,80,88)(H,94,95)/b26-25-. The highest BCUT2D eigenvalue weighted by atomic mass is 16.8. The molecule has 3 heterocycles. The summed E-state index contributed by atoms with van der Waals surface area (Å²) in [4.78, 5) is 38.7. The van der Waals surface area contributed by atoms with Crippen molar-refractivity contribution < 1.29 is 104 Å². The number of hydrogen-bond donors (Lipinski definition) is 14. The maximum absolute atomic E-state index is 13.5. The second kappa shape index (κ2) is 57.6. The van der Waals surface area contributed by atoms with Gasteiger partial charge in [0, 0.05) is 19.8 Å². The van der Waals surface area contributed by atoms with Crippen LogP contribution in [0.5, 0.6) is 0 Å². The van der Waals surface area contributed by atoms with Crippen molar-refractivity contribution in [2.75, 3.05) is 26.4 Å². The zero-order chi connectivity index (χ0) is 73.9. The van der Waals surface area contributed by atoms with E-state index in [1.54, 1.807) is 0 Å². The van der Waals surface area contributed by atoms with E-state index in [2.05, 4.69) is 36.6 Å². The van der Waals surface area contributed by atoms with Crippen LogP contribution in [0.25, 0.3) is 0 Å². The highest BCUT2D eigenvalue weighted by Gasteiger charge is 2.60. The molecule has 3 fully saturated rings. The summed E-state index contributed by atoms with van der Waals surface area (Å²) >= 11 is 0. The van der Waals surface area contributed by atoms with Gasteiger partial charge in [-0.05, 0) is 38.5 Å². The summed E-state index contributed by atoms with van der Waals surface area (Å²) in [5.74, 6) is -6.09. The Balaban J connectivity index is 1.46. The number of carboxylic acid groups (broad SMARTS) is 1. The van der Waals surface area contributed by atoms with Gasteiger partial charge in [-0.3, -0.25) is 9.59 Å². The molecule has 0 spiro atoms. The van der Waals surface area contributed by atoms with Gasteiger partial charge in [0.25, 0.3) is 5.79 Å². The number of aliphatic hydroxyl groups is 11. The van der Waals surface area contributed by atoms with Crippen LogP contribution in [-0.4, -0.2) is 215 Å². The lowest BCUT2D eigenvalue weighted by Crippen LogP contribution is -2.70. The maximum atomic E-state index is 13.5. The quantitative estimate of drug-likeness (QED) is 0.0199. The van der Waals surface area contributed by atoms with Crippen molar-refractivity contribution in [2.45, 2.75) is 439 Å². The van der Waals surface area contributed by atoms with E-state index in [-0.39, 0.29) is 18.9 Å². The molecule has 0 saturated carbocycles. The number of ether oxygens (including phenoxy) is 6. The summed E-state index contributed by atoms with van der Waals surface area (Å²) < 4.78 is 34.9. The molecular formula is C78H146N2O21. The fourth-order valence-corrected chi connectivity index (χ4v) is 14.3. The average molecular weight is 1450 g/mol. The first-order valence-electron chi connectivity index (χ1n) is 40.5. The number of carbonyl (C=O) groups is 3. The second-order valence-corrected chi connectivity index (χ2v) is 29.6. The number of aliphatic hydroxyl groups excluding tert-OH is 11. The number of rotatable bonds is 64. The van der Waals surface area contributed by atoms with Crippen molar-refractivity contribution in [1.29, 1.82) is 0 Å². The van der Waals surface area contributed by atoms with Crippen molar-refractivity contribution in [1.82, 2.24) is 10.6 Å². The van der Waals surface area contributed by atoms with Gasteiger partial charge in [0.15, 0.2) is 12.6 Å². The highest BCUT2D eigenvalue weighted by molar-refractivity contribution is 5.77. The molecule has 23 heteroatoms. The van der Waals surface area contributed by atoms with Crippen LogP contribution in [0, 0.1) is 0 Å². The maximum Gasteiger partial charge on any atom is 0.364 e. The fourth-order valence-electron chi connectivity index (χ4n) is 14.3. The smallest absolute Gasteiger partial charge is 0.364 e. The number of carbonyl (C=O) groups excluding carboxylic acids is 2. The Hall–Kier alpha value is -2.53. The molecule has 3 aliphatic heterocycles. The zero-order valence-electron chi connectivity index (χ0n) is 62.8. The van der Waals surface area contributed by atoms with Crippen LogP contribution in [0.4, 0.5) is 0 Å². The van der Waals surface area contributed by atoms with E-state index in [0.717, 1.165) is 58.3 Å². The molecular weight excluding hydrogens is 1300 g/mol. The van der Waals surface area contributed by atoms with Crippen LogP contribution in [-0.2, 0) is 42.8 Å². The molecule has 0 radical (unpaired) electrons. The van der Waals surface area contributed by atoms with Crippen molar-refractivity contribution in [3.05, 3.63) is 12.2 Å². The van der Waals surface area contributed by atoms with E-state index in [1.165, 1.54) is 225 Å². The van der Waals surface area contributed by atoms with Gasteiger partial charge in [0.05, 0.1) is 50.7 Å². The topological polar surface area (TPSA) is 373 Å². The third-order valence-corrected chi connectivity index (χ3v) is 20.7. The SMILES string of the molecule is CCCCCCCCCCCCCC/C=C\CCCCCCCCCCCCCCCCCCC(=O)NC(COC1OC(CO)C(OC2OC(CO)C(O)C(OC3(C(=O)O)CC(O)C(NC(C)=O)C(C(O)C(O)CO)O3)C2O)C(O)C1O)C(O)CCCCCCCCCCCCCCCCC. The van der Waals surface area contributed by atoms with E-state index in [0.29, 0.717) is 19.3 Å². The predicted octanol–water partition coefficient (Wildman–Crippen LogP) is 10.6. The summed E-state index contributed by atoms with van der Waals surface area (Å²) in [6.45, 7) is 2.25. The summed E-state index contributed by atoms with van der Waals surface area (Å²) in [7, 11) is 0. The number of carboxylic acids is 1. The van der Waals surface area contributed by atoms with Gasteiger partial charge in [0.2, 0.25) is 11.8 Å². The first-order valence-corrected chi connectivity index (χ1v) is 40.5.